The lowest BCUT2D eigenvalue weighted by Crippen LogP contribution is -2.28. The topological polar surface area (TPSA) is 117 Å². The van der Waals surface area contributed by atoms with Crippen molar-refractivity contribution in [3.63, 3.8) is 0 Å². The van der Waals surface area contributed by atoms with Crippen molar-refractivity contribution in [1.29, 1.82) is 0 Å². The van der Waals surface area contributed by atoms with Crippen molar-refractivity contribution in [1.82, 2.24) is 0 Å². The van der Waals surface area contributed by atoms with Gasteiger partial charge in [0.2, 0.25) is 0 Å². The Hall–Kier alpha value is -1.80. The Morgan fingerprint density at radius 3 is 1.31 bits per heavy atom. The van der Waals surface area contributed by atoms with Gasteiger partial charge >= 0.3 is 13.8 Å². The summed E-state index contributed by atoms with van der Waals surface area (Å²) in [6.45, 7) is 4.83. The van der Waals surface area contributed by atoms with Gasteiger partial charge in [0.15, 0.2) is 0 Å². The fourth-order valence-corrected chi connectivity index (χ4v) is 8.32. The summed E-state index contributed by atoms with van der Waals surface area (Å²) in [5.74, 6) is -0.330. The number of hydrogen-bond acceptors (Lipinski definition) is 7. The molecule has 0 aromatic heterocycles. The van der Waals surface area contributed by atoms with E-state index in [1.54, 1.807) is 0 Å². The van der Waals surface area contributed by atoms with Crippen LogP contribution in [-0.4, -0.2) is 49.9 Å². The SMILES string of the molecule is CC/C=C\C/C=C\C/C=C\C/C=C\C/C=C\CCCCCCCCCCOCC(COP(=O)(O)OCCN)OC(=O)CCCCCCCCCCCCCCCCCCCCCCC. The highest BCUT2D eigenvalue weighted by atomic mass is 31.2. The number of hydrogen-bond donors (Lipinski definition) is 2. The lowest BCUT2D eigenvalue weighted by Gasteiger charge is -2.20. The van der Waals surface area contributed by atoms with Crippen LogP contribution in [0.3, 0.4) is 0 Å². The van der Waals surface area contributed by atoms with Crippen LogP contribution in [0, 0.1) is 0 Å². The van der Waals surface area contributed by atoms with Gasteiger partial charge in [-0.2, -0.15) is 0 Å². The fourth-order valence-electron chi connectivity index (χ4n) is 7.56. The van der Waals surface area contributed by atoms with Crippen molar-refractivity contribution in [2.24, 2.45) is 5.73 Å². The molecule has 0 bridgehead atoms. The van der Waals surface area contributed by atoms with Crippen LogP contribution in [0.1, 0.15) is 245 Å². The molecule has 0 spiro atoms. The Bertz CT molecular complexity index is 1170. The van der Waals surface area contributed by atoms with E-state index in [2.05, 4.69) is 74.6 Å². The number of allylic oxidation sites excluding steroid dienone is 10. The molecule has 2 atom stereocenters. The van der Waals surface area contributed by atoms with Gasteiger partial charge in [-0.1, -0.05) is 242 Å². The standard InChI is InChI=1S/C55H102NO7P/c1-3-5-7-9-11-13-15-17-19-21-23-25-26-27-29-31-33-35-37-39-41-43-45-47-50-60-52-54(53-62-64(58,59)61-51-49-56)63-55(57)48-46-44-42-40-38-36-34-32-30-28-24-22-20-18-16-14-12-10-8-6-4-2/h5,7,11,13,17,19,23,25,27,29,54H,3-4,6,8-10,12,14-16,18,20-22,24,26,28,30-53,56H2,1-2H3,(H,58,59)/b7-5-,13-11-,19-17-,25-23-,29-27-. The fraction of sp³-hybridized carbons (Fsp3) is 0.800. The molecule has 374 valence electrons. The number of carbonyl (C=O) groups excluding carboxylic acids is 1. The lowest BCUT2D eigenvalue weighted by atomic mass is 10.0. The molecule has 0 rings (SSSR count). The van der Waals surface area contributed by atoms with E-state index in [1.807, 2.05) is 0 Å². The largest absolute Gasteiger partial charge is 0.472 e. The van der Waals surface area contributed by atoms with Crippen LogP contribution in [0.5, 0.6) is 0 Å². The third-order valence-corrected chi connectivity index (χ3v) is 12.4. The van der Waals surface area contributed by atoms with Crippen molar-refractivity contribution in [2.45, 2.75) is 251 Å². The molecular weight excluding hydrogens is 818 g/mol. The summed E-state index contributed by atoms with van der Waals surface area (Å²) < 4.78 is 33.6. The Kier molecular flexibility index (Phi) is 50.7. The van der Waals surface area contributed by atoms with Gasteiger partial charge in [-0.3, -0.25) is 13.8 Å². The molecule has 2 unspecified atom stereocenters. The van der Waals surface area contributed by atoms with E-state index in [4.69, 9.17) is 24.3 Å². The lowest BCUT2D eigenvalue weighted by molar-refractivity contribution is -0.154. The smallest absolute Gasteiger partial charge is 0.457 e. The molecule has 0 saturated carbocycles. The van der Waals surface area contributed by atoms with Crippen LogP contribution in [-0.2, 0) is 27.9 Å². The van der Waals surface area contributed by atoms with Crippen LogP contribution in [0.4, 0.5) is 0 Å². The summed E-state index contributed by atoms with van der Waals surface area (Å²) >= 11 is 0. The first-order valence-electron chi connectivity index (χ1n) is 26.8. The van der Waals surface area contributed by atoms with E-state index < -0.39 is 13.9 Å². The Morgan fingerprint density at radius 1 is 0.484 bits per heavy atom. The third kappa shape index (κ3) is 51.2. The second kappa shape index (κ2) is 52.2. The molecule has 0 heterocycles. The minimum Gasteiger partial charge on any atom is -0.457 e. The number of esters is 1. The normalized spacial score (nSPS) is 13.8. The highest BCUT2D eigenvalue weighted by Crippen LogP contribution is 2.43. The van der Waals surface area contributed by atoms with Crippen LogP contribution >= 0.6 is 7.82 Å². The van der Waals surface area contributed by atoms with Gasteiger partial charge in [-0.25, -0.2) is 4.57 Å². The Labute approximate surface area is 395 Å². The van der Waals surface area contributed by atoms with Crippen molar-refractivity contribution in [3.05, 3.63) is 60.8 Å². The minimum atomic E-state index is -4.29. The number of carbonyl (C=O) groups is 1. The molecular formula is C55H102NO7P. The van der Waals surface area contributed by atoms with E-state index in [1.165, 1.54) is 154 Å². The Morgan fingerprint density at radius 2 is 0.875 bits per heavy atom. The summed E-state index contributed by atoms with van der Waals surface area (Å²) in [6.07, 6.45) is 65.4. The van der Waals surface area contributed by atoms with Gasteiger partial charge in [0, 0.05) is 19.6 Å². The number of phosphoric ester groups is 1. The third-order valence-electron chi connectivity index (χ3n) is 11.4. The van der Waals surface area contributed by atoms with Gasteiger partial charge in [0.1, 0.15) is 6.10 Å². The maximum Gasteiger partial charge on any atom is 0.472 e. The van der Waals surface area contributed by atoms with E-state index in [0.717, 1.165) is 70.6 Å². The average Bonchev–Trinajstić information content (AvgIpc) is 3.29. The number of ether oxygens (including phenoxy) is 2. The zero-order chi connectivity index (χ0) is 46.5. The zero-order valence-corrected chi connectivity index (χ0v) is 42.7. The van der Waals surface area contributed by atoms with Crippen molar-refractivity contribution >= 4 is 13.8 Å². The van der Waals surface area contributed by atoms with Crippen molar-refractivity contribution < 1.29 is 32.8 Å². The molecule has 64 heavy (non-hydrogen) atoms. The van der Waals surface area contributed by atoms with E-state index in [0.29, 0.717) is 13.0 Å². The molecule has 0 aliphatic heterocycles. The second-order valence-corrected chi connectivity index (χ2v) is 19.2. The van der Waals surface area contributed by atoms with E-state index in [9.17, 15) is 14.3 Å². The predicted molar refractivity (Wildman–Crippen MR) is 275 cm³/mol. The number of phosphoric acid groups is 1. The second-order valence-electron chi connectivity index (χ2n) is 17.7. The molecule has 8 nitrogen and oxygen atoms in total. The number of nitrogens with two attached hydrogens (primary N) is 1. The summed E-state index contributed by atoms with van der Waals surface area (Å²) in [5.41, 5.74) is 5.39. The molecule has 0 aromatic rings. The monoisotopic (exact) mass is 920 g/mol. The molecule has 0 amide bonds. The first-order valence-corrected chi connectivity index (χ1v) is 28.3. The molecule has 0 radical (unpaired) electrons. The van der Waals surface area contributed by atoms with Crippen LogP contribution in [0.15, 0.2) is 60.8 Å². The number of unbranched alkanes of at least 4 members (excludes halogenated alkanes) is 28. The van der Waals surface area contributed by atoms with Crippen LogP contribution in [0.25, 0.3) is 0 Å². The molecule has 0 aliphatic carbocycles. The number of rotatable bonds is 51. The van der Waals surface area contributed by atoms with Crippen LogP contribution in [0.2, 0.25) is 0 Å². The maximum atomic E-state index is 12.7. The van der Waals surface area contributed by atoms with E-state index in [-0.39, 0.29) is 32.3 Å². The minimum absolute atomic E-state index is 0.0979. The summed E-state index contributed by atoms with van der Waals surface area (Å²) in [6, 6.07) is 0. The Balaban J connectivity index is 3.93. The predicted octanol–water partition coefficient (Wildman–Crippen LogP) is 16.9. The first-order chi connectivity index (χ1) is 31.4. The first kappa shape index (κ1) is 62.2. The molecule has 0 fully saturated rings. The molecule has 0 saturated heterocycles. The molecule has 3 N–H and O–H groups in total. The highest BCUT2D eigenvalue weighted by molar-refractivity contribution is 7.47. The van der Waals surface area contributed by atoms with Gasteiger partial charge < -0.3 is 20.1 Å². The van der Waals surface area contributed by atoms with Crippen LogP contribution < -0.4 is 5.73 Å². The van der Waals surface area contributed by atoms with Gasteiger partial charge in [0.25, 0.3) is 0 Å². The summed E-state index contributed by atoms with van der Waals surface area (Å²) in [7, 11) is -4.29. The van der Waals surface area contributed by atoms with Gasteiger partial charge in [-0.15, -0.1) is 0 Å². The summed E-state index contributed by atoms with van der Waals surface area (Å²) in [4.78, 5) is 22.6. The molecule has 9 heteroatoms. The van der Waals surface area contributed by atoms with E-state index >= 15 is 0 Å². The maximum absolute atomic E-state index is 12.7. The summed E-state index contributed by atoms with van der Waals surface area (Å²) in [5, 5.41) is 0. The van der Waals surface area contributed by atoms with Crippen molar-refractivity contribution in [3.8, 4) is 0 Å². The molecule has 0 aromatic carbocycles. The molecule has 0 aliphatic rings. The van der Waals surface area contributed by atoms with Crippen molar-refractivity contribution in [2.75, 3.05) is 33.0 Å². The highest BCUT2D eigenvalue weighted by Gasteiger charge is 2.25. The zero-order valence-electron chi connectivity index (χ0n) is 41.8. The quantitative estimate of drug-likeness (QED) is 0.0268. The van der Waals surface area contributed by atoms with Gasteiger partial charge in [0.05, 0.1) is 19.8 Å². The van der Waals surface area contributed by atoms with Gasteiger partial charge in [-0.05, 0) is 57.8 Å². The average molecular weight is 920 g/mol.